The number of rotatable bonds is 3. The van der Waals surface area contributed by atoms with Crippen LogP contribution in [0.1, 0.15) is 30.4 Å². The molecule has 2 aromatic carbocycles. The number of likely N-dealkylation sites (tertiary alicyclic amines) is 1. The molecule has 2 unspecified atom stereocenters. The molecule has 4 heteroatoms. The molecule has 0 N–H and O–H groups in total. The molecule has 4 rings (SSSR count). The number of hydrogen-bond acceptors (Lipinski definition) is 2. The summed E-state index contributed by atoms with van der Waals surface area (Å²) in [4.78, 5) is 2.38. The largest absolute Gasteiger partial charge is 0.464 e. The molecule has 0 saturated carbocycles. The highest BCUT2D eigenvalue weighted by Gasteiger charge is 2.32. The Labute approximate surface area is 146 Å². The Hall–Kier alpha value is -2.20. The molecule has 1 aromatic heterocycles. The van der Waals surface area contributed by atoms with Gasteiger partial charge >= 0.3 is 0 Å². The van der Waals surface area contributed by atoms with Crippen molar-refractivity contribution in [2.24, 2.45) is 5.92 Å². The van der Waals surface area contributed by atoms with E-state index < -0.39 is 11.6 Å². The van der Waals surface area contributed by atoms with Crippen molar-refractivity contribution >= 4 is 11.0 Å². The molecule has 130 valence electrons. The van der Waals surface area contributed by atoms with Gasteiger partial charge in [-0.1, -0.05) is 37.3 Å². The molecule has 0 radical (unpaired) electrons. The lowest BCUT2D eigenvalue weighted by atomic mass is 9.80. The van der Waals surface area contributed by atoms with E-state index in [1.165, 1.54) is 17.9 Å². The lowest BCUT2D eigenvalue weighted by molar-refractivity contribution is 0.154. The van der Waals surface area contributed by atoms with Gasteiger partial charge in [-0.25, -0.2) is 8.78 Å². The molecular formula is C21H21F2NO. The summed E-state index contributed by atoms with van der Waals surface area (Å²) in [6, 6.07) is 13.2. The maximum atomic E-state index is 14.6. The van der Waals surface area contributed by atoms with E-state index in [1.807, 2.05) is 18.2 Å². The van der Waals surface area contributed by atoms with E-state index >= 15 is 0 Å². The van der Waals surface area contributed by atoms with Gasteiger partial charge in [-0.2, -0.15) is 0 Å². The van der Waals surface area contributed by atoms with Crippen LogP contribution in [-0.4, -0.2) is 18.0 Å². The zero-order valence-electron chi connectivity index (χ0n) is 14.2. The lowest BCUT2D eigenvalue weighted by Gasteiger charge is -2.37. The molecule has 2 atom stereocenters. The Kier molecular flexibility index (Phi) is 4.30. The number of halogens is 2. The summed E-state index contributed by atoms with van der Waals surface area (Å²) in [5.74, 6) is -1.35. The van der Waals surface area contributed by atoms with Crippen molar-refractivity contribution in [3.63, 3.8) is 0 Å². The van der Waals surface area contributed by atoms with Crippen LogP contribution in [0.25, 0.3) is 11.0 Å². The Balaban J connectivity index is 1.58. The van der Waals surface area contributed by atoms with Crippen LogP contribution in [-0.2, 0) is 6.54 Å². The molecule has 3 aromatic rings. The SMILES string of the molecule is CC1CN(Cc2ccccc2)CCC1c1c(F)c(F)cc2ccoc12. The van der Waals surface area contributed by atoms with E-state index in [0.717, 1.165) is 26.1 Å². The van der Waals surface area contributed by atoms with Crippen LogP contribution in [0.5, 0.6) is 0 Å². The molecule has 2 heterocycles. The first kappa shape index (κ1) is 16.3. The molecule has 0 amide bonds. The fraction of sp³-hybridized carbons (Fsp3) is 0.333. The summed E-state index contributed by atoms with van der Waals surface area (Å²) in [6.07, 6.45) is 2.30. The fourth-order valence-corrected chi connectivity index (χ4v) is 4.06. The van der Waals surface area contributed by atoms with Crippen LogP contribution >= 0.6 is 0 Å². The molecule has 0 aliphatic carbocycles. The van der Waals surface area contributed by atoms with Gasteiger partial charge in [0.2, 0.25) is 0 Å². The number of fused-ring (bicyclic) bond motifs is 1. The van der Waals surface area contributed by atoms with E-state index in [9.17, 15) is 8.78 Å². The van der Waals surface area contributed by atoms with Gasteiger partial charge in [0.25, 0.3) is 0 Å². The van der Waals surface area contributed by atoms with E-state index in [4.69, 9.17) is 4.42 Å². The third-order valence-electron chi connectivity index (χ3n) is 5.28. The Bertz CT molecular complexity index is 874. The van der Waals surface area contributed by atoms with Crippen LogP contribution in [0.4, 0.5) is 8.78 Å². The highest BCUT2D eigenvalue weighted by Crippen LogP contribution is 2.39. The van der Waals surface area contributed by atoms with E-state index in [1.54, 1.807) is 6.07 Å². The summed E-state index contributed by atoms with van der Waals surface area (Å²) < 4.78 is 34.1. The summed E-state index contributed by atoms with van der Waals surface area (Å²) in [6.45, 7) is 4.72. The second-order valence-corrected chi connectivity index (χ2v) is 7.02. The average molecular weight is 341 g/mol. The number of benzene rings is 2. The third kappa shape index (κ3) is 3.07. The van der Waals surface area contributed by atoms with Crippen LogP contribution in [0.15, 0.2) is 53.1 Å². The van der Waals surface area contributed by atoms with Crippen molar-refractivity contribution in [3.8, 4) is 0 Å². The minimum Gasteiger partial charge on any atom is -0.464 e. The Morgan fingerprint density at radius 1 is 1.16 bits per heavy atom. The highest BCUT2D eigenvalue weighted by atomic mass is 19.2. The van der Waals surface area contributed by atoms with Crippen molar-refractivity contribution in [1.82, 2.24) is 4.90 Å². The van der Waals surface area contributed by atoms with Crippen molar-refractivity contribution in [3.05, 3.63) is 71.5 Å². The van der Waals surface area contributed by atoms with Crippen molar-refractivity contribution in [2.75, 3.05) is 13.1 Å². The zero-order valence-corrected chi connectivity index (χ0v) is 14.2. The highest BCUT2D eigenvalue weighted by molar-refractivity contribution is 5.81. The molecule has 1 aliphatic heterocycles. The van der Waals surface area contributed by atoms with Gasteiger partial charge in [0, 0.05) is 24.0 Å². The fourth-order valence-electron chi connectivity index (χ4n) is 4.06. The summed E-state index contributed by atoms with van der Waals surface area (Å²) in [7, 11) is 0. The maximum absolute atomic E-state index is 14.6. The van der Waals surface area contributed by atoms with Crippen molar-refractivity contribution in [1.29, 1.82) is 0 Å². The van der Waals surface area contributed by atoms with Crippen LogP contribution in [0, 0.1) is 17.6 Å². The summed E-state index contributed by atoms with van der Waals surface area (Å²) in [5, 5.41) is 0.632. The maximum Gasteiger partial charge on any atom is 0.166 e. The minimum absolute atomic E-state index is 0.0311. The topological polar surface area (TPSA) is 16.4 Å². The number of hydrogen-bond donors (Lipinski definition) is 0. The predicted molar refractivity (Wildman–Crippen MR) is 94.4 cm³/mol. The van der Waals surface area contributed by atoms with Crippen LogP contribution in [0.2, 0.25) is 0 Å². The Morgan fingerprint density at radius 3 is 2.72 bits per heavy atom. The standard InChI is InChI=1S/C21H21F2NO/c1-14-12-24(13-15-5-3-2-4-6-15)9-7-17(14)19-20(23)18(22)11-16-8-10-25-21(16)19/h2-6,8,10-11,14,17H,7,9,12-13H2,1H3. The van der Waals surface area contributed by atoms with Crippen molar-refractivity contribution in [2.45, 2.75) is 25.8 Å². The Morgan fingerprint density at radius 2 is 1.96 bits per heavy atom. The molecule has 1 fully saturated rings. The van der Waals surface area contributed by atoms with Gasteiger partial charge in [0.1, 0.15) is 5.58 Å². The minimum atomic E-state index is -0.789. The second-order valence-electron chi connectivity index (χ2n) is 7.02. The number of furan rings is 1. The van der Waals surface area contributed by atoms with Gasteiger partial charge in [-0.3, -0.25) is 4.90 Å². The monoisotopic (exact) mass is 341 g/mol. The smallest absolute Gasteiger partial charge is 0.166 e. The first-order chi connectivity index (χ1) is 12.1. The lowest BCUT2D eigenvalue weighted by Crippen LogP contribution is -2.38. The molecular weight excluding hydrogens is 320 g/mol. The number of nitrogens with zero attached hydrogens (tertiary/aromatic N) is 1. The second kappa shape index (κ2) is 6.60. The van der Waals surface area contributed by atoms with E-state index in [2.05, 4.69) is 24.0 Å². The molecule has 1 aliphatic rings. The molecule has 2 nitrogen and oxygen atoms in total. The van der Waals surface area contributed by atoms with Gasteiger partial charge in [0.15, 0.2) is 11.6 Å². The quantitative estimate of drug-likeness (QED) is 0.640. The summed E-state index contributed by atoms with van der Waals surface area (Å²) in [5.41, 5.74) is 2.18. The average Bonchev–Trinajstić information content (AvgIpc) is 3.06. The van der Waals surface area contributed by atoms with Gasteiger partial charge in [-0.15, -0.1) is 0 Å². The first-order valence-corrected chi connectivity index (χ1v) is 8.75. The van der Waals surface area contributed by atoms with Crippen LogP contribution < -0.4 is 0 Å². The van der Waals surface area contributed by atoms with Gasteiger partial charge < -0.3 is 4.42 Å². The predicted octanol–water partition coefficient (Wildman–Crippen LogP) is 5.34. The van der Waals surface area contributed by atoms with E-state index in [-0.39, 0.29) is 11.8 Å². The molecule has 0 spiro atoms. The first-order valence-electron chi connectivity index (χ1n) is 8.75. The van der Waals surface area contributed by atoms with Crippen LogP contribution in [0.3, 0.4) is 0 Å². The number of piperidine rings is 1. The third-order valence-corrected chi connectivity index (χ3v) is 5.28. The van der Waals surface area contributed by atoms with Gasteiger partial charge in [-0.05, 0) is 42.5 Å². The normalized spacial score (nSPS) is 21.7. The molecule has 25 heavy (non-hydrogen) atoms. The van der Waals surface area contributed by atoms with E-state index in [0.29, 0.717) is 16.5 Å². The summed E-state index contributed by atoms with van der Waals surface area (Å²) >= 11 is 0. The van der Waals surface area contributed by atoms with Gasteiger partial charge in [0.05, 0.1) is 6.26 Å². The zero-order chi connectivity index (χ0) is 17.4. The molecule has 1 saturated heterocycles. The molecule has 0 bridgehead atoms. The van der Waals surface area contributed by atoms with Crippen molar-refractivity contribution < 1.29 is 13.2 Å².